The van der Waals surface area contributed by atoms with E-state index < -0.39 is 0 Å². The lowest BCUT2D eigenvalue weighted by Gasteiger charge is -2.22. The summed E-state index contributed by atoms with van der Waals surface area (Å²) in [4.78, 5) is 2.39. The van der Waals surface area contributed by atoms with Gasteiger partial charge in [-0.1, -0.05) is 74.0 Å². The molecule has 126 valence electrons. The lowest BCUT2D eigenvalue weighted by molar-refractivity contribution is -0.00000574. The van der Waals surface area contributed by atoms with E-state index in [-0.39, 0.29) is 18.5 Å². The molecule has 2 aromatic carbocycles. The molecule has 0 aliphatic rings. The molecule has 0 radical (unpaired) electrons. The Morgan fingerprint density at radius 1 is 0.870 bits per heavy atom. The Morgan fingerprint density at radius 2 is 1.43 bits per heavy atom. The first-order valence-corrected chi connectivity index (χ1v) is 8.20. The summed E-state index contributed by atoms with van der Waals surface area (Å²) in [6.45, 7) is 10.4. The van der Waals surface area contributed by atoms with Crippen LogP contribution in [0, 0.1) is 6.92 Å². The van der Waals surface area contributed by atoms with Crippen molar-refractivity contribution in [2.75, 3.05) is 26.2 Å². The smallest absolute Gasteiger partial charge is 0.108 e. The minimum Gasteiger partial charge on any atom is -1.00 e. The maximum atomic E-state index is 6.25. The van der Waals surface area contributed by atoms with Crippen LogP contribution in [0.5, 0.6) is 0 Å². The Hall–Kier alpha value is -1.35. The fourth-order valence-corrected chi connectivity index (χ4v) is 2.59. The fraction of sp³-hybridized carbons (Fsp3) is 0.400. The van der Waals surface area contributed by atoms with Crippen molar-refractivity contribution < 1.29 is 17.1 Å². The van der Waals surface area contributed by atoms with E-state index in [1.165, 1.54) is 16.7 Å². The van der Waals surface area contributed by atoms with Crippen LogP contribution in [0.15, 0.2) is 54.6 Å². The summed E-state index contributed by atoms with van der Waals surface area (Å²) < 4.78 is 6.25. The van der Waals surface area contributed by atoms with Gasteiger partial charge in [0, 0.05) is 6.54 Å². The Labute approximate surface area is 146 Å². The molecular formula is C20H27ClNO-. The predicted octanol–water partition coefficient (Wildman–Crippen LogP) is 1.45. The second kappa shape index (κ2) is 10.4. The summed E-state index contributed by atoms with van der Waals surface area (Å²) in [5.41, 5.74) is 3.71. The Kier molecular flexibility index (Phi) is 8.93. The molecule has 0 aliphatic carbocycles. The van der Waals surface area contributed by atoms with Gasteiger partial charge < -0.3 is 22.0 Å². The van der Waals surface area contributed by atoms with Crippen molar-refractivity contribution in [3.63, 3.8) is 0 Å². The van der Waals surface area contributed by atoms with Gasteiger partial charge in [0.15, 0.2) is 0 Å². The van der Waals surface area contributed by atoms with Gasteiger partial charge in [0.05, 0.1) is 6.61 Å². The van der Waals surface area contributed by atoms with Crippen LogP contribution in [-0.4, -0.2) is 31.1 Å². The molecule has 0 aliphatic heterocycles. The van der Waals surface area contributed by atoms with Gasteiger partial charge in [0.2, 0.25) is 0 Å². The third-order valence-corrected chi connectivity index (χ3v) is 4.07. The molecule has 0 heterocycles. The molecule has 23 heavy (non-hydrogen) atoms. The zero-order valence-corrected chi connectivity index (χ0v) is 15.1. The van der Waals surface area contributed by atoms with Gasteiger partial charge in [-0.15, -0.1) is 0 Å². The van der Waals surface area contributed by atoms with Gasteiger partial charge in [-0.05, 0) is 31.1 Å². The third-order valence-electron chi connectivity index (χ3n) is 4.07. The van der Waals surface area contributed by atoms with Crippen LogP contribution in [0.1, 0.15) is 36.6 Å². The molecule has 0 saturated carbocycles. The number of rotatable bonds is 8. The molecule has 0 bridgehead atoms. The lowest BCUT2D eigenvalue weighted by atomic mass is 10.0. The fourth-order valence-electron chi connectivity index (χ4n) is 2.59. The van der Waals surface area contributed by atoms with Crippen LogP contribution in [0.3, 0.4) is 0 Å². The van der Waals surface area contributed by atoms with Crippen LogP contribution in [0.4, 0.5) is 0 Å². The molecular weight excluding hydrogens is 306 g/mol. The van der Waals surface area contributed by atoms with E-state index in [2.05, 4.69) is 74.2 Å². The van der Waals surface area contributed by atoms with Crippen LogP contribution in [0.25, 0.3) is 0 Å². The Balaban J connectivity index is 0.00000264. The molecule has 0 N–H and O–H groups in total. The van der Waals surface area contributed by atoms with E-state index in [1.807, 2.05) is 6.07 Å². The minimum atomic E-state index is 0. The lowest BCUT2D eigenvalue weighted by Crippen LogP contribution is -3.00. The van der Waals surface area contributed by atoms with E-state index in [4.69, 9.17) is 4.74 Å². The largest absolute Gasteiger partial charge is 1.00 e. The summed E-state index contributed by atoms with van der Waals surface area (Å²) in [5, 5.41) is 0. The van der Waals surface area contributed by atoms with Gasteiger partial charge >= 0.3 is 0 Å². The van der Waals surface area contributed by atoms with Crippen molar-refractivity contribution in [1.29, 1.82) is 0 Å². The molecule has 0 amide bonds. The van der Waals surface area contributed by atoms with Gasteiger partial charge in [-0.25, -0.2) is 0 Å². The van der Waals surface area contributed by atoms with Gasteiger partial charge in [0.25, 0.3) is 0 Å². The first-order valence-electron chi connectivity index (χ1n) is 8.20. The first kappa shape index (κ1) is 19.7. The summed E-state index contributed by atoms with van der Waals surface area (Å²) in [7, 11) is 0. The molecule has 1 atom stereocenters. The number of hydrogen-bond donors (Lipinski definition) is 0. The average molecular weight is 333 g/mol. The van der Waals surface area contributed by atoms with Crippen LogP contribution < -0.4 is 12.4 Å². The normalized spacial score (nSPS) is 12.0. The molecule has 0 aromatic heterocycles. The van der Waals surface area contributed by atoms with Crippen LogP contribution in [0.2, 0.25) is 0 Å². The molecule has 0 spiro atoms. The highest BCUT2D eigenvalue weighted by molar-refractivity contribution is 5.31. The summed E-state index contributed by atoms with van der Waals surface area (Å²) >= 11 is 0. The number of nitrogens with zero attached hydrogens (tertiary/aromatic N) is 1. The van der Waals surface area contributed by atoms with Gasteiger partial charge in [-0.3, -0.25) is 0 Å². The first-order chi connectivity index (χ1) is 10.7. The van der Waals surface area contributed by atoms with Crippen molar-refractivity contribution in [3.05, 3.63) is 71.3 Å². The molecule has 1 unspecified atom stereocenters. The number of hydrogen-bond acceptors (Lipinski definition) is 2. The van der Waals surface area contributed by atoms with Crippen molar-refractivity contribution >= 4 is 0 Å². The van der Waals surface area contributed by atoms with E-state index in [0.717, 1.165) is 26.2 Å². The van der Waals surface area contributed by atoms with Crippen LogP contribution in [-0.2, 0) is 4.74 Å². The quantitative estimate of drug-likeness (QED) is 0.725. The summed E-state index contributed by atoms with van der Waals surface area (Å²) in [6, 6.07) is 19.1. The zero-order valence-electron chi connectivity index (χ0n) is 14.3. The number of likely N-dealkylation sites (N-methyl/N-ethyl adjacent to an activating group) is 1. The van der Waals surface area contributed by atoms with E-state index in [9.17, 15) is 0 Å². The molecule has 2 rings (SSSR count). The number of aryl methyl sites for hydroxylation is 1. The molecule has 0 saturated heterocycles. The van der Waals surface area contributed by atoms with E-state index in [1.54, 1.807) is 0 Å². The van der Waals surface area contributed by atoms with E-state index >= 15 is 0 Å². The summed E-state index contributed by atoms with van der Waals surface area (Å²) in [6.07, 6.45) is 0.0114. The monoisotopic (exact) mass is 332 g/mol. The van der Waals surface area contributed by atoms with Crippen molar-refractivity contribution in [2.45, 2.75) is 26.9 Å². The zero-order chi connectivity index (χ0) is 15.8. The Morgan fingerprint density at radius 3 is 2.00 bits per heavy atom. The van der Waals surface area contributed by atoms with Crippen LogP contribution >= 0.6 is 0 Å². The predicted molar refractivity (Wildman–Crippen MR) is 93.2 cm³/mol. The highest BCUT2D eigenvalue weighted by atomic mass is 35.5. The highest BCUT2D eigenvalue weighted by Crippen LogP contribution is 2.26. The highest BCUT2D eigenvalue weighted by Gasteiger charge is 2.14. The van der Waals surface area contributed by atoms with Crippen molar-refractivity contribution in [3.8, 4) is 0 Å². The minimum absolute atomic E-state index is 0. The molecule has 0 fully saturated rings. The Bertz CT molecular complexity index is 537. The SMILES string of the molecule is CCN(CC)CCOC(c1ccccc1)c1ccc(C)cc1.[Cl-]. The van der Waals surface area contributed by atoms with E-state index in [0.29, 0.717) is 0 Å². The third kappa shape index (κ3) is 5.98. The molecule has 2 nitrogen and oxygen atoms in total. The molecule has 3 heteroatoms. The maximum Gasteiger partial charge on any atom is 0.108 e. The second-order valence-electron chi connectivity index (χ2n) is 5.60. The van der Waals surface area contributed by atoms with Gasteiger partial charge in [0.1, 0.15) is 6.10 Å². The van der Waals surface area contributed by atoms with Crippen molar-refractivity contribution in [1.82, 2.24) is 4.90 Å². The molecule has 2 aromatic rings. The second-order valence-corrected chi connectivity index (χ2v) is 5.60. The van der Waals surface area contributed by atoms with Gasteiger partial charge in [-0.2, -0.15) is 0 Å². The number of halogens is 1. The maximum absolute atomic E-state index is 6.25. The number of benzene rings is 2. The van der Waals surface area contributed by atoms with Crippen molar-refractivity contribution in [2.24, 2.45) is 0 Å². The number of ether oxygens (including phenoxy) is 1. The topological polar surface area (TPSA) is 12.5 Å². The standard InChI is InChI=1S/C20H27NO.ClH/c1-4-21(5-2)15-16-22-20(18-9-7-6-8-10-18)19-13-11-17(3)12-14-19;/h6-14,20H,4-5,15-16H2,1-3H3;1H/p-1. The summed E-state index contributed by atoms with van der Waals surface area (Å²) in [5.74, 6) is 0. The average Bonchev–Trinajstić information content (AvgIpc) is 2.57.